The van der Waals surface area contributed by atoms with Crippen molar-refractivity contribution in [2.45, 2.75) is 19.4 Å². The van der Waals surface area contributed by atoms with Crippen LogP contribution < -0.4 is 5.32 Å². The number of nitrogens with zero attached hydrogens (tertiary/aromatic N) is 2. The van der Waals surface area contributed by atoms with E-state index < -0.39 is 0 Å². The van der Waals surface area contributed by atoms with E-state index in [-0.39, 0.29) is 0 Å². The van der Waals surface area contributed by atoms with Crippen molar-refractivity contribution in [1.82, 2.24) is 15.1 Å². The number of ether oxygens (including phenoxy) is 1. The zero-order valence-electron chi connectivity index (χ0n) is 9.24. The van der Waals surface area contributed by atoms with Crippen molar-refractivity contribution in [3.63, 3.8) is 0 Å². The van der Waals surface area contributed by atoms with Crippen LogP contribution in [0.4, 0.5) is 0 Å². The molecule has 0 aliphatic carbocycles. The maximum atomic E-state index is 4.97. The molecule has 0 aromatic carbocycles. The van der Waals surface area contributed by atoms with Crippen molar-refractivity contribution in [2.24, 2.45) is 0 Å². The molecule has 86 valence electrons. The van der Waals surface area contributed by atoms with Gasteiger partial charge in [-0.05, 0) is 35.8 Å². The molecular weight excluding hydrogens is 258 g/mol. The SMILES string of the molecule is COCCCNCC(C)n1cc(Br)cn1. The van der Waals surface area contributed by atoms with E-state index in [2.05, 4.69) is 33.3 Å². The lowest BCUT2D eigenvalue weighted by molar-refractivity contribution is 0.194. The molecule has 5 heteroatoms. The molecule has 0 aliphatic rings. The number of methoxy groups -OCH3 is 1. The monoisotopic (exact) mass is 275 g/mol. The van der Waals surface area contributed by atoms with Crippen LogP contribution >= 0.6 is 15.9 Å². The Bertz CT molecular complexity index is 277. The molecule has 1 N–H and O–H groups in total. The first-order valence-electron chi connectivity index (χ1n) is 5.13. The van der Waals surface area contributed by atoms with Crippen molar-refractivity contribution < 1.29 is 4.74 Å². The van der Waals surface area contributed by atoms with Crippen molar-refractivity contribution in [1.29, 1.82) is 0 Å². The molecule has 0 saturated carbocycles. The Morgan fingerprint density at radius 3 is 3.07 bits per heavy atom. The molecule has 1 unspecified atom stereocenters. The van der Waals surface area contributed by atoms with Gasteiger partial charge in [-0.1, -0.05) is 0 Å². The molecule has 1 aromatic rings. The molecule has 0 saturated heterocycles. The van der Waals surface area contributed by atoms with E-state index in [9.17, 15) is 0 Å². The van der Waals surface area contributed by atoms with Crippen LogP contribution in [0.3, 0.4) is 0 Å². The lowest BCUT2D eigenvalue weighted by atomic mass is 10.3. The van der Waals surface area contributed by atoms with E-state index in [0.717, 1.165) is 30.6 Å². The maximum absolute atomic E-state index is 4.97. The largest absolute Gasteiger partial charge is 0.385 e. The first-order chi connectivity index (χ1) is 7.24. The van der Waals surface area contributed by atoms with Crippen LogP contribution in [0.5, 0.6) is 0 Å². The van der Waals surface area contributed by atoms with Crippen LogP contribution in [-0.2, 0) is 4.74 Å². The lowest BCUT2D eigenvalue weighted by Gasteiger charge is -2.12. The van der Waals surface area contributed by atoms with E-state index in [1.165, 1.54) is 0 Å². The Labute approximate surface area is 99.1 Å². The van der Waals surface area contributed by atoms with Gasteiger partial charge in [0.05, 0.1) is 16.7 Å². The van der Waals surface area contributed by atoms with E-state index in [4.69, 9.17) is 4.74 Å². The van der Waals surface area contributed by atoms with Crippen molar-refractivity contribution in [3.8, 4) is 0 Å². The van der Waals surface area contributed by atoms with Gasteiger partial charge in [-0.15, -0.1) is 0 Å². The number of hydrogen-bond acceptors (Lipinski definition) is 3. The second kappa shape index (κ2) is 6.98. The van der Waals surface area contributed by atoms with Crippen molar-refractivity contribution in [2.75, 3.05) is 26.8 Å². The van der Waals surface area contributed by atoms with Crippen molar-refractivity contribution >= 4 is 15.9 Å². The first-order valence-corrected chi connectivity index (χ1v) is 5.92. The minimum atomic E-state index is 0.374. The molecule has 0 amide bonds. The van der Waals surface area contributed by atoms with Crippen molar-refractivity contribution in [3.05, 3.63) is 16.9 Å². The van der Waals surface area contributed by atoms with Gasteiger partial charge in [0.1, 0.15) is 0 Å². The first kappa shape index (κ1) is 12.7. The number of nitrogens with one attached hydrogen (secondary N) is 1. The summed E-state index contributed by atoms with van der Waals surface area (Å²) in [5.41, 5.74) is 0. The highest BCUT2D eigenvalue weighted by molar-refractivity contribution is 9.10. The average Bonchev–Trinajstić information content (AvgIpc) is 2.64. The normalized spacial score (nSPS) is 13.0. The van der Waals surface area contributed by atoms with E-state index in [0.29, 0.717) is 6.04 Å². The molecule has 1 heterocycles. The standard InChI is InChI=1S/C10H18BrN3O/c1-9(6-12-4-3-5-15-2)14-8-10(11)7-13-14/h7-9,12H,3-6H2,1-2H3. The van der Waals surface area contributed by atoms with E-state index in [1.54, 1.807) is 13.3 Å². The van der Waals surface area contributed by atoms with Gasteiger partial charge in [0.2, 0.25) is 0 Å². The summed E-state index contributed by atoms with van der Waals surface area (Å²) >= 11 is 3.38. The van der Waals surface area contributed by atoms with Gasteiger partial charge in [0.15, 0.2) is 0 Å². The molecule has 0 bridgehead atoms. The van der Waals surface area contributed by atoms with Crippen LogP contribution in [-0.4, -0.2) is 36.6 Å². The predicted octanol–water partition coefficient (Wildman–Crippen LogP) is 1.83. The third-order valence-electron chi connectivity index (χ3n) is 2.16. The number of rotatable bonds is 7. The minimum absolute atomic E-state index is 0.374. The third kappa shape index (κ3) is 4.77. The fourth-order valence-electron chi connectivity index (χ4n) is 1.30. The van der Waals surface area contributed by atoms with Gasteiger partial charge < -0.3 is 10.1 Å². The lowest BCUT2D eigenvalue weighted by Crippen LogP contribution is -2.25. The van der Waals surface area contributed by atoms with Gasteiger partial charge >= 0.3 is 0 Å². The molecule has 0 fully saturated rings. The Morgan fingerprint density at radius 2 is 2.47 bits per heavy atom. The summed E-state index contributed by atoms with van der Waals surface area (Å²) in [4.78, 5) is 0. The van der Waals surface area contributed by atoms with Crippen LogP contribution in [0.1, 0.15) is 19.4 Å². The van der Waals surface area contributed by atoms with E-state index >= 15 is 0 Å². The zero-order valence-corrected chi connectivity index (χ0v) is 10.8. The fourth-order valence-corrected chi connectivity index (χ4v) is 1.60. The van der Waals surface area contributed by atoms with Gasteiger partial charge in [-0.3, -0.25) is 4.68 Å². The maximum Gasteiger partial charge on any atom is 0.0632 e. The van der Waals surface area contributed by atoms with Crippen LogP contribution in [0.2, 0.25) is 0 Å². The second-order valence-electron chi connectivity index (χ2n) is 3.54. The molecule has 4 nitrogen and oxygen atoms in total. The molecule has 15 heavy (non-hydrogen) atoms. The Hall–Kier alpha value is -0.390. The summed E-state index contributed by atoms with van der Waals surface area (Å²) in [6.07, 6.45) is 4.84. The van der Waals surface area contributed by atoms with Gasteiger partial charge in [-0.25, -0.2) is 0 Å². The smallest absolute Gasteiger partial charge is 0.0632 e. The topological polar surface area (TPSA) is 39.1 Å². The number of hydrogen-bond donors (Lipinski definition) is 1. The summed E-state index contributed by atoms with van der Waals surface area (Å²) in [7, 11) is 1.73. The summed E-state index contributed by atoms with van der Waals surface area (Å²) in [5.74, 6) is 0. The fraction of sp³-hybridized carbons (Fsp3) is 0.700. The Morgan fingerprint density at radius 1 is 1.67 bits per heavy atom. The highest BCUT2D eigenvalue weighted by Gasteiger charge is 2.04. The summed E-state index contributed by atoms with van der Waals surface area (Å²) in [6.45, 7) is 4.87. The predicted molar refractivity (Wildman–Crippen MR) is 64.0 cm³/mol. The summed E-state index contributed by atoms with van der Waals surface area (Å²) in [5, 5.41) is 7.61. The van der Waals surface area contributed by atoms with Gasteiger partial charge in [-0.2, -0.15) is 5.10 Å². The molecule has 0 radical (unpaired) electrons. The third-order valence-corrected chi connectivity index (χ3v) is 2.57. The van der Waals surface area contributed by atoms with E-state index in [1.807, 2.05) is 10.9 Å². The Balaban J connectivity index is 2.16. The average molecular weight is 276 g/mol. The second-order valence-corrected chi connectivity index (χ2v) is 4.45. The minimum Gasteiger partial charge on any atom is -0.385 e. The Kier molecular flexibility index (Phi) is 5.90. The molecule has 0 spiro atoms. The molecule has 1 aromatic heterocycles. The molecular formula is C10H18BrN3O. The van der Waals surface area contributed by atoms with Crippen LogP contribution in [0.25, 0.3) is 0 Å². The molecule has 1 rings (SSSR count). The van der Waals surface area contributed by atoms with Crippen LogP contribution in [0, 0.1) is 0 Å². The molecule has 1 atom stereocenters. The highest BCUT2D eigenvalue weighted by atomic mass is 79.9. The highest BCUT2D eigenvalue weighted by Crippen LogP contribution is 2.10. The van der Waals surface area contributed by atoms with Gasteiger partial charge in [0.25, 0.3) is 0 Å². The van der Waals surface area contributed by atoms with Crippen LogP contribution in [0.15, 0.2) is 16.9 Å². The van der Waals surface area contributed by atoms with Gasteiger partial charge in [0, 0.05) is 26.5 Å². The molecule has 0 aliphatic heterocycles. The number of halogens is 1. The zero-order chi connectivity index (χ0) is 11.1. The number of aromatic nitrogens is 2. The quantitative estimate of drug-likeness (QED) is 0.772. The summed E-state index contributed by atoms with van der Waals surface area (Å²) < 4.78 is 7.95. The summed E-state index contributed by atoms with van der Waals surface area (Å²) in [6, 6.07) is 0.374.